The zero-order valence-electron chi connectivity index (χ0n) is 26.1. The molecule has 1 aliphatic carbocycles. The SMILES string of the molecule is C=C/C(Oc1ccc(NS(=O)(=O)C2CCC2)c2ccccc12)=C(\SC(=C)C)C1=C=CCC(CC[C@H]2C[C@H](F)CN(C)C2)=N/C=C\1. The van der Waals surface area contributed by atoms with Gasteiger partial charge < -0.3 is 9.64 Å². The molecule has 3 aliphatic rings. The zero-order chi connectivity index (χ0) is 32.0. The lowest BCUT2D eigenvalue weighted by atomic mass is 9.91. The number of nitrogens with one attached hydrogen (secondary N) is 1. The Bertz CT molecular complexity index is 1710. The van der Waals surface area contributed by atoms with Gasteiger partial charge in [-0.3, -0.25) is 9.71 Å². The molecule has 6 nitrogen and oxygen atoms in total. The molecule has 45 heavy (non-hydrogen) atoms. The van der Waals surface area contributed by atoms with E-state index in [1.807, 2.05) is 50.4 Å². The first-order valence-electron chi connectivity index (χ1n) is 15.5. The number of halogens is 1. The number of benzene rings is 2. The van der Waals surface area contributed by atoms with Crippen molar-refractivity contribution in [3.05, 3.63) is 101 Å². The number of sulfonamides is 1. The molecule has 2 heterocycles. The van der Waals surface area contributed by atoms with Gasteiger partial charge in [-0.25, -0.2) is 12.8 Å². The molecule has 0 radical (unpaired) electrons. The Kier molecular flexibility index (Phi) is 10.9. The monoisotopic (exact) mass is 647 g/mol. The highest BCUT2D eigenvalue weighted by molar-refractivity contribution is 8.06. The van der Waals surface area contributed by atoms with Gasteiger partial charge in [-0.1, -0.05) is 55.6 Å². The Balaban J connectivity index is 1.38. The molecule has 0 aromatic heterocycles. The number of alkyl halides is 1. The molecule has 0 amide bonds. The largest absolute Gasteiger partial charge is 0.456 e. The molecule has 2 aromatic rings. The molecule has 1 saturated heterocycles. The van der Waals surface area contributed by atoms with Crippen LogP contribution in [0, 0.1) is 5.92 Å². The van der Waals surface area contributed by atoms with E-state index < -0.39 is 16.2 Å². The highest BCUT2D eigenvalue weighted by Gasteiger charge is 2.31. The van der Waals surface area contributed by atoms with Crippen molar-refractivity contribution < 1.29 is 17.5 Å². The average molecular weight is 648 g/mol. The Morgan fingerprint density at radius 2 is 2.00 bits per heavy atom. The molecular formula is C36H42FN3O3S2. The van der Waals surface area contributed by atoms with Gasteiger partial charge in [-0.15, -0.1) is 5.73 Å². The van der Waals surface area contributed by atoms with Gasteiger partial charge in [-0.2, -0.15) is 0 Å². The molecule has 2 aliphatic heterocycles. The lowest BCUT2D eigenvalue weighted by Crippen LogP contribution is -2.39. The maximum absolute atomic E-state index is 14.0. The number of nitrogens with zero attached hydrogens (tertiary/aromatic N) is 2. The number of hydrogen-bond donors (Lipinski definition) is 1. The molecule has 1 saturated carbocycles. The quantitative estimate of drug-likeness (QED) is 0.142. The van der Waals surface area contributed by atoms with E-state index in [1.165, 1.54) is 11.8 Å². The highest BCUT2D eigenvalue weighted by atomic mass is 32.2. The Morgan fingerprint density at radius 1 is 1.22 bits per heavy atom. The summed E-state index contributed by atoms with van der Waals surface area (Å²) in [6.45, 7) is 11.5. The van der Waals surface area contributed by atoms with Gasteiger partial charge in [0.2, 0.25) is 10.0 Å². The van der Waals surface area contributed by atoms with E-state index in [-0.39, 0.29) is 5.25 Å². The maximum atomic E-state index is 14.0. The molecule has 238 valence electrons. The normalized spacial score (nSPS) is 22.3. The minimum absolute atomic E-state index is 0.341. The van der Waals surface area contributed by atoms with Crippen LogP contribution in [0.1, 0.15) is 51.9 Å². The summed E-state index contributed by atoms with van der Waals surface area (Å²) in [7, 11) is -1.47. The van der Waals surface area contributed by atoms with Crippen molar-refractivity contribution in [2.24, 2.45) is 10.9 Å². The lowest BCUT2D eigenvalue weighted by molar-refractivity contribution is 0.114. The fraction of sp³-hybridized carbons (Fsp3) is 0.389. The predicted molar refractivity (Wildman–Crippen MR) is 187 cm³/mol. The summed E-state index contributed by atoms with van der Waals surface area (Å²) in [6, 6.07) is 11.1. The van der Waals surface area contributed by atoms with Crippen LogP contribution in [-0.2, 0) is 10.0 Å². The Hall–Kier alpha value is -3.36. The van der Waals surface area contributed by atoms with Crippen LogP contribution in [0.5, 0.6) is 5.75 Å². The van der Waals surface area contributed by atoms with Crippen LogP contribution < -0.4 is 9.46 Å². The van der Waals surface area contributed by atoms with Crippen LogP contribution in [0.3, 0.4) is 0 Å². The number of rotatable bonds is 12. The predicted octanol–water partition coefficient (Wildman–Crippen LogP) is 8.69. The van der Waals surface area contributed by atoms with Gasteiger partial charge in [-0.05, 0) is 87.3 Å². The molecule has 2 atom stereocenters. The van der Waals surface area contributed by atoms with Gasteiger partial charge in [0.25, 0.3) is 0 Å². The van der Waals surface area contributed by atoms with Gasteiger partial charge >= 0.3 is 0 Å². The third-order valence-corrected chi connectivity index (χ3v) is 11.2. The fourth-order valence-electron chi connectivity index (χ4n) is 5.93. The van der Waals surface area contributed by atoms with Crippen LogP contribution in [0.25, 0.3) is 10.8 Å². The first-order valence-corrected chi connectivity index (χ1v) is 17.9. The number of aliphatic imine (C=N–C) groups is 1. The summed E-state index contributed by atoms with van der Waals surface area (Å²) in [5.74, 6) is 1.45. The van der Waals surface area contributed by atoms with Crippen LogP contribution in [-0.4, -0.2) is 50.6 Å². The number of likely N-dealkylation sites (tertiary alicyclic amines) is 1. The number of thioether (sulfide) groups is 1. The number of allylic oxidation sites excluding steroid dienone is 4. The van der Waals surface area contributed by atoms with Gasteiger partial charge in [0.1, 0.15) is 17.7 Å². The third-order valence-electron chi connectivity index (χ3n) is 8.38. The number of fused-ring (bicyclic) bond motifs is 1. The van der Waals surface area contributed by atoms with E-state index in [2.05, 4.69) is 28.5 Å². The average Bonchev–Trinajstić information content (AvgIpc) is 2.93. The van der Waals surface area contributed by atoms with Crippen molar-refractivity contribution >= 4 is 44.0 Å². The van der Waals surface area contributed by atoms with Crippen LogP contribution >= 0.6 is 11.8 Å². The Labute approximate surface area is 271 Å². The summed E-state index contributed by atoms with van der Waals surface area (Å²) in [5, 5.41) is 1.19. The van der Waals surface area contributed by atoms with Gasteiger partial charge in [0.05, 0.1) is 15.8 Å². The number of ether oxygens (including phenoxy) is 1. The zero-order valence-corrected chi connectivity index (χ0v) is 27.7. The topological polar surface area (TPSA) is 71.0 Å². The van der Waals surface area contributed by atoms with Crippen molar-refractivity contribution in [1.82, 2.24) is 4.90 Å². The lowest BCUT2D eigenvalue weighted by Gasteiger charge is -2.32. The number of piperidine rings is 1. The second kappa shape index (κ2) is 14.8. The van der Waals surface area contributed by atoms with Crippen LogP contribution in [0.4, 0.5) is 10.1 Å². The summed E-state index contributed by atoms with van der Waals surface area (Å²) in [5.41, 5.74) is 5.82. The molecule has 0 spiro atoms. The van der Waals surface area contributed by atoms with Gasteiger partial charge in [0, 0.05) is 47.8 Å². The van der Waals surface area contributed by atoms with Crippen molar-refractivity contribution in [2.75, 3.05) is 24.9 Å². The highest BCUT2D eigenvalue weighted by Crippen LogP contribution is 2.39. The molecule has 1 N–H and O–H groups in total. The van der Waals surface area contributed by atoms with Crippen molar-refractivity contribution in [1.29, 1.82) is 0 Å². The molecule has 2 fully saturated rings. The van der Waals surface area contributed by atoms with E-state index in [9.17, 15) is 12.8 Å². The number of hydrogen-bond acceptors (Lipinski definition) is 6. The summed E-state index contributed by atoms with van der Waals surface area (Å²) in [4.78, 5) is 8.49. The van der Waals surface area contributed by atoms with Crippen LogP contribution in [0.2, 0.25) is 0 Å². The van der Waals surface area contributed by atoms with E-state index >= 15 is 0 Å². The molecular weight excluding hydrogens is 606 g/mol. The van der Waals surface area contributed by atoms with Crippen molar-refractivity contribution in [3.63, 3.8) is 0 Å². The minimum Gasteiger partial charge on any atom is -0.456 e. The van der Waals surface area contributed by atoms with Crippen LogP contribution in [0.15, 0.2) is 106 Å². The third kappa shape index (κ3) is 8.47. The fourth-order valence-corrected chi connectivity index (χ4v) is 8.34. The summed E-state index contributed by atoms with van der Waals surface area (Å²) < 4.78 is 49.2. The smallest absolute Gasteiger partial charge is 0.235 e. The number of anilines is 1. The van der Waals surface area contributed by atoms with Gasteiger partial charge in [0.15, 0.2) is 0 Å². The first kappa shape index (κ1) is 33.0. The minimum atomic E-state index is -3.45. The standard InChI is InChI=1S/C36H42FN3O3S2/c1-5-34(43-35-19-18-33(31-14-6-7-15-32(31)35)39-45(41,42)30-12-9-13-30)36(44-25(2)3)27-10-8-11-29(38-21-20-27)17-16-26-22-28(37)24-40(4)23-26/h5-8,14-15,18-21,26,28,30,39H,1-2,9,11-13,16-17,22-24H2,3-4H3/b21-20-,36-34+,38-29?/t10?,26-,28-/m0/s1. The van der Waals surface area contributed by atoms with Crippen molar-refractivity contribution in [3.8, 4) is 5.75 Å². The second-order valence-electron chi connectivity index (χ2n) is 12.1. The second-order valence-corrected chi connectivity index (χ2v) is 15.4. The molecule has 5 rings (SSSR count). The van der Waals surface area contributed by atoms with E-state index in [0.29, 0.717) is 55.3 Å². The molecule has 0 bridgehead atoms. The summed E-state index contributed by atoms with van der Waals surface area (Å²) in [6.07, 6.45) is 12.0. The first-order chi connectivity index (χ1) is 21.6. The molecule has 0 unspecified atom stereocenters. The van der Waals surface area contributed by atoms with E-state index in [4.69, 9.17) is 9.73 Å². The van der Waals surface area contributed by atoms with Crippen molar-refractivity contribution in [2.45, 2.75) is 63.3 Å². The molecule has 2 aromatic carbocycles. The van der Waals surface area contributed by atoms with E-state index in [0.717, 1.165) is 57.7 Å². The summed E-state index contributed by atoms with van der Waals surface area (Å²) >= 11 is 1.47. The van der Waals surface area contributed by atoms with E-state index in [1.54, 1.807) is 24.4 Å². The Morgan fingerprint density at radius 3 is 2.69 bits per heavy atom. The molecule has 9 heteroatoms. The maximum Gasteiger partial charge on any atom is 0.235 e.